The summed E-state index contributed by atoms with van der Waals surface area (Å²) >= 11 is 0. The van der Waals surface area contributed by atoms with Gasteiger partial charge in [0.2, 0.25) is 0 Å². The van der Waals surface area contributed by atoms with Gasteiger partial charge in [-0.3, -0.25) is 9.69 Å². The van der Waals surface area contributed by atoms with E-state index >= 15 is 0 Å². The van der Waals surface area contributed by atoms with Crippen molar-refractivity contribution in [3.05, 3.63) is 120 Å². The Kier molecular flexibility index (Phi) is 8.60. The van der Waals surface area contributed by atoms with Crippen molar-refractivity contribution in [3.8, 4) is 22.6 Å². The Hall–Kier alpha value is -4.09. The van der Waals surface area contributed by atoms with E-state index in [0.717, 1.165) is 27.8 Å². The Morgan fingerprint density at radius 2 is 1.49 bits per heavy atom. The number of aliphatic carboxylic acids is 1. The average molecular weight is 496 g/mol. The molecule has 2 atom stereocenters. The van der Waals surface area contributed by atoms with E-state index in [-0.39, 0.29) is 18.5 Å². The van der Waals surface area contributed by atoms with Crippen LogP contribution in [0.3, 0.4) is 0 Å². The Balaban J connectivity index is 1.79. The second kappa shape index (κ2) is 12.2. The van der Waals surface area contributed by atoms with Gasteiger partial charge in [0.05, 0.1) is 20.6 Å². The summed E-state index contributed by atoms with van der Waals surface area (Å²) in [5, 5.41) is 9.98. The highest BCUT2D eigenvalue weighted by Crippen LogP contribution is 2.38. The second-order valence-corrected chi connectivity index (χ2v) is 9.05. The summed E-state index contributed by atoms with van der Waals surface area (Å²) in [6.45, 7) is 2.76. The van der Waals surface area contributed by atoms with Gasteiger partial charge in [-0.15, -0.1) is 0 Å². The number of carbonyl (C=O) groups is 1. The fraction of sp³-hybridized carbons (Fsp3) is 0.219. The molecule has 1 unspecified atom stereocenters. The molecule has 0 radical (unpaired) electrons. The van der Waals surface area contributed by atoms with Gasteiger partial charge >= 0.3 is 5.97 Å². The third-order valence-corrected chi connectivity index (χ3v) is 6.75. The predicted octanol–water partition coefficient (Wildman–Crippen LogP) is 7.15. The van der Waals surface area contributed by atoms with E-state index in [2.05, 4.69) is 42.2 Å². The first-order chi connectivity index (χ1) is 18.0. The number of hydrogen-bond acceptors (Lipinski definition) is 4. The number of methoxy groups -OCH3 is 2. The summed E-state index contributed by atoms with van der Waals surface area (Å²) in [7, 11) is 3.26. The minimum atomic E-state index is -0.837. The summed E-state index contributed by atoms with van der Waals surface area (Å²) in [6, 6.07) is 33.9. The molecule has 0 spiro atoms. The van der Waals surface area contributed by atoms with Crippen LogP contribution in [0.25, 0.3) is 11.1 Å². The zero-order valence-electron chi connectivity index (χ0n) is 21.5. The summed E-state index contributed by atoms with van der Waals surface area (Å²) < 4.78 is 11.0. The zero-order chi connectivity index (χ0) is 26.2. The molecule has 0 aliphatic carbocycles. The Bertz CT molecular complexity index is 1310. The van der Waals surface area contributed by atoms with E-state index in [1.54, 1.807) is 14.2 Å². The first kappa shape index (κ1) is 26.0. The summed E-state index contributed by atoms with van der Waals surface area (Å²) in [5.74, 6) is 0.576. The minimum Gasteiger partial charge on any atom is -0.497 e. The maximum absolute atomic E-state index is 12.2. The van der Waals surface area contributed by atoms with Crippen LogP contribution < -0.4 is 9.47 Å². The lowest BCUT2D eigenvalue weighted by Gasteiger charge is -2.37. The monoisotopic (exact) mass is 495 g/mol. The van der Waals surface area contributed by atoms with Gasteiger partial charge < -0.3 is 14.6 Å². The van der Waals surface area contributed by atoms with Crippen molar-refractivity contribution >= 4 is 5.97 Å². The summed E-state index contributed by atoms with van der Waals surface area (Å²) in [5.41, 5.74) is 5.09. The van der Waals surface area contributed by atoms with E-state index in [4.69, 9.17) is 9.47 Å². The minimum absolute atomic E-state index is 0.00932. The number of carboxylic acid groups (broad SMARTS) is 1. The molecule has 0 aliphatic heterocycles. The fourth-order valence-corrected chi connectivity index (χ4v) is 4.78. The van der Waals surface area contributed by atoms with Crippen molar-refractivity contribution in [2.75, 3.05) is 14.2 Å². The van der Waals surface area contributed by atoms with E-state index in [1.165, 1.54) is 0 Å². The Morgan fingerprint density at radius 3 is 2.14 bits per heavy atom. The Morgan fingerprint density at radius 1 is 0.811 bits per heavy atom. The van der Waals surface area contributed by atoms with Gasteiger partial charge in [0.15, 0.2) is 0 Å². The van der Waals surface area contributed by atoms with Crippen LogP contribution >= 0.6 is 0 Å². The number of ether oxygens (including phenoxy) is 2. The van der Waals surface area contributed by atoms with Crippen LogP contribution in [0.2, 0.25) is 0 Å². The lowest BCUT2D eigenvalue weighted by molar-refractivity contribution is -0.138. The van der Waals surface area contributed by atoms with E-state index in [1.807, 2.05) is 72.8 Å². The quantitative estimate of drug-likeness (QED) is 0.239. The SMILES string of the molecule is COc1ccc(-c2cccc(C(CC(=O)O)N(Cc3ccccc3)[C@H](C)c3ccccc3)c2)c(OC)c1. The Labute approximate surface area is 218 Å². The fourth-order valence-electron chi connectivity index (χ4n) is 4.78. The van der Waals surface area contributed by atoms with E-state index in [9.17, 15) is 9.90 Å². The van der Waals surface area contributed by atoms with Crippen molar-refractivity contribution in [1.82, 2.24) is 4.90 Å². The van der Waals surface area contributed by atoms with Crippen LogP contribution in [-0.4, -0.2) is 30.2 Å². The molecule has 4 aromatic carbocycles. The molecule has 1 N–H and O–H groups in total. The number of benzene rings is 4. The third kappa shape index (κ3) is 6.38. The highest BCUT2D eigenvalue weighted by atomic mass is 16.5. The molecule has 37 heavy (non-hydrogen) atoms. The van der Waals surface area contributed by atoms with Crippen LogP contribution in [-0.2, 0) is 11.3 Å². The summed E-state index contributed by atoms with van der Waals surface area (Å²) in [6.07, 6.45) is -0.0206. The highest BCUT2D eigenvalue weighted by molar-refractivity contribution is 5.73. The van der Waals surface area contributed by atoms with E-state index in [0.29, 0.717) is 18.0 Å². The second-order valence-electron chi connectivity index (χ2n) is 9.05. The van der Waals surface area contributed by atoms with Crippen molar-refractivity contribution in [3.63, 3.8) is 0 Å². The molecule has 0 fully saturated rings. The standard InChI is InChI=1S/C32H33NO4/c1-23(25-13-8-5-9-14-25)33(22-24-11-6-4-7-12-24)30(21-32(34)35)27-16-10-15-26(19-27)29-18-17-28(36-2)20-31(29)37-3/h4-20,23,30H,21-22H2,1-3H3,(H,34,35)/t23-,30?/m1/s1. The van der Waals surface area contributed by atoms with Crippen molar-refractivity contribution in [2.45, 2.75) is 32.0 Å². The molecule has 190 valence electrons. The van der Waals surface area contributed by atoms with Crippen molar-refractivity contribution < 1.29 is 19.4 Å². The maximum Gasteiger partial charge on any atom is 0.305 e. The van der Waals surface area contributed by atoms with Crippen molar-refractivity contribution in [2.24, 2.45) is 0 Å². The predicted molar refractivity (Wildman–Crippen MR) is 147 cm³/mol. The van der Waals surface area contributed by atoms with E-state index < -0.39 is 5.97 Å². The van der Waals surface area contributed by atoms with Gasteiger partial charge in [-0.2, -0.15) is 0 Å². The smallest absolute Gasteiger partial charge is 0.305 e. The lowest BCUT2D eigenvalue weighted by Crippen LogP contribution is -2.32. The summed E-state index contributed by atoms with van der Waals surface area (Å²) in [4.78, 5) is 14.4. The van der Waals surface area contributed by atoms with Crippen LogP contribution in [0.15, 0.2) is 103 Å². The molecule has 0 amide bonds. The molecule has 5 heteroatoms. The van der Waals surface area contributed by atoms with Gasteiger partial charge in [-0.25, -0.2) is 0 Å². The first-order valence-electron chi connectivity index (χ1n) is 12.4. The molecule has 0 saturated heterocycles. The molecule has 0 saturated carbocycles. The van der Waals surface area contributed by atoms with Crippen LogP contribution in [0.1, 0.15) is 42.1 Å². The largest absolute Gasteiger partial charge is 0.497 e. The van der Waals surface area contributed by atoms with Gasteiger partial charge in [0.1, 0.15) is 11.5 Å². The van der Waals surface area contributed by atoms with Crippen molar-refractivity contribution in [1.29, 1.82) is 0 Å². The number of nitrogens with zero attached hydrogens (tertiary/aromatic N) is 1. The molecule has 0 heterocycles. The molecule has 0 aromatic heterocycles. The molecular weight excluding hydrogens is 462 g/mol. The van der Waals surface area contributed by atoms with Gasteiger partial charge in [-0.1, -0.05) is 78.9 Å². The number of rotatable bonds is 11. The molecular formula is C32H33NO4. The van der Waals surface area contributed by atoms with Crippen LogP contribution in [0.5, 0.6) is 11.5 Å². The molecule has 0 aliphatic rings. The lowest BCUT2D eigenvalue weighted by atomic mass is 9.93. The van der Waals surface area contributed by atoms with Crippen LogP contribution in [0, 0.1) is 0 Å². The van der Waals surface area contributed by atoms with Gasteiger partial charge in [-0.05, 0) is 47.4 Å². The normalized spacial score (nSPS) is 12.6. The van der Waals surface area contributed by atoms with Gasteiger partial charge in [0.25, 0.3) is 0 Å². The molecule has 4 aromatic rings. The van der Waals surface area contributed by atoms with Crippen LogP contribution in [0.4, 0.5) is 0 Å². The topological polar surface area (TPSA) is 59.0 Å². The number of carboxylic acids is 1. The average Bonchev–Trinajstić information content (AvgIpc) is 2.95. The zero-order valence-corrected chi connectivity index (χ0v) is 21.5. The first-order valence-corrected chi connectivity index (χ1v) is 12.4. The molecule has 0 bridgehead atoms. The molecule has 4 rings (SSSR count). The highest BCUT2D eigenvalue weighted by Gasteiger charge is 2.29. The third-order valence-electron chi connectivity index (χ3n) is 6.75. The maximum atomic E-state index is 12.2. The number of hydrogen-bond donors (Lipinski definition) is 1. The van der Waals surface area contributed by atoms with Gasteiger partial charge in [0, 0.05) is 30.3 Å². The molecule has 5 nitrogen and oxygen atoms in total.